The Kier molecular flexibility index (Phi) is 2.75. The van der Waals surface area contributed by atoms with Crippen molar-refractivity contribution < 1.29 is 0 Å². The minimum absolute atomic E-state index is 0.969. The summed E-state index contributed by atoms with van der Waals surface area (Å²) >= 11 is 0. The van der Waals surface area contributed by atoms with Gasteiger partial charge in [-0.05, 0) is 12.1 Å². The van der Waals surface area contributed by atoms with Crippen molar-refractivity contribution in [3.8, 4) is 0 Å². The molecule has 0 atom stereocenters. The van der Waals surface area contributed by atoms with E-state index < -0.39 is 0 Å². The highest BCUT2D eigenvalue weighted by Gasteiger charge is 2.15. The van der Waals surface area contributed by atoms with E-state index >= 15 is 0 Å². The number of hydrogen-bond acceptors (Lipinski definition) is 4. The predicted molar refractivity (Wildman–Crippen MR) is 71.3 cm³/mol. The molecule has 0 aromatic heterocycles. The first kappa shape index (κ1) is 10.5. The highest BCUT2D eigenvalue weighted by atomic mass is 15.7. The minimum atomic E-state index is 0.969. The molecular formula is C14H12N4. The predicted octanol–water partition coefficient (Wildman–Crippen LogP) is 3.38. The molecule has 2 aromatic carbocycles. The van der Waals surface area contributed by atoms with Crippen molar-refractivity contribution in [2.45, 2.75) is 0 Å². The Morgan fingerprint density at radius 1 is 0.833 bits per heavy atom. The van der Waals surface area contributed by atoms with E-state index in [1.165, 1.54) is 0 Å². The van der Waals surface area contributed by atoms with Gasteiger partial charge in [-0.3, -0.25) is 0 Å². The summed E-state index contributed by atoms with van der Waals surface area (Å²) in [4.78, 5) is 0. The molecule has 1 N–H and O–H groups in total. The van der Waals surface area contributed by atoms with Gasteiger partial charge >= 0.3 is 0 Å². The maximum absolute atomic E-state index is 3.92. The molecule has 0 unspecified atom stereocenters. The maximum Gasteiger partial charge on any atom is 0.0921 e. The smallest absolute Gasteiger partial charge is 0.0921 e. The SMILES string of the molecule is C1=C(c2ccccc2)N(c2ccccc2)NN=N1. The van der Waals surface area contributed by atoms with E-state index in [0.29, 0.717) is 0 Å². The molecule has 4 heteroatoms. The fourth-order valence-electron chi connectivity index (χ4n) is 1.85. The van der Waals surface area contributed by atoms with E-state index in [9.17, 15) is 0 Å². The number of para-hydroxylation sites is 1. The monoisotopic (exact) mass is 236 g/mol. The summed E-state index contributed by atoms with van der Waals surface area (Å²) in [7, 11) is 0. The van der Waals surface area contributed by atoms with Crippen LogP contribution < -0.4 is 10.5 Å². The molecule has 4 nitrogen and oxygen atoms in total. The van der Waals surface area contributed by atoms with Crippen LogP contribution >= 0.6 is 0 Å². The Morgan fingerprint density at radius 3 is 2.22 bits per heavy atom. The van der Waals surface area contributed by atoms with Gasteiger partial charge in [0.05, 0.1) is 17.6 Å². The van der Waals surface area contributed by atoms with Crippen molar-refractivity contribution in [3.05, 3.63) is 72.4 Å². The number of hydrogen-bond donors (Lipinski definition) is 1. The van der Waals surface area contributed by atoms with E-state index in [1.54, 1.807) is 6.20 Å². The molecule has 88 valence electrons. The van der Waals surface area contributed by atoms with E-state index in [-0.39, 0.29) is 0 Å². The van der Waals surface area contributed by atoms with Gasteiger partial charge in [-0.1, -0.05) is 53.8 Å². The lowest BCUT2D eigenvalue weighted by Crippen LogP contribution is -2.33. The number of anilines is 1. The third kappa shape index (κ3) is 1.96. The van der Waals surface area contributed by atoms with E-state index in [1.807, 2.05) is 65.7 Å². The van der Waals surface area contributed by atoms with Crippen molar-refractivity contribution in [2.75, 3.05) is 5.01 Å². The summed E-state index contributed by atoms with van der Waals surface area (Å²) < 4.78 is 0. The van der Waals surface area contributed by atoms with Gasteiger partial charge in [-0.25, -0.2) is 5.01 Å². The van der Waals surface area contributed by atoms with Gasteiger partial charge in [0.2, 0.25) is 0 Å². The highest BCUT2D eigenvalue weighted by Crippen LogP contribution is 2.25. The topological polar surface area (TPSA) is 40.0 Å². The summed E-state index contributed by atoms with van der Waals surface area (Å²) in [5.41, 5.74) is 5.99. The van der Waals surface area contributed by atoms with Crippen LogP contribution in [0, 0.1) is 0 Å². The summed E-state index contributed by atoms with van der Waals surface area (Å²) in [5, 5.41) is 9.66. The molecule has 0 fully saturated rings. The first-order valence-electron chi connectivity index (χ1n) is 5.71. The van der Waals surface area contributed by atoms with E-state index in [2.05, 4.69) is 15.9 Å². The number of nitrogens with one attached hydrogen (secondary N) is 1. The number of rotatable bonds is 2. The first-order chi connectivity index (χ1) is 8.95. The molecule has 18 heavy (non-hydrogen) atoms. The second-order valence-electron chi connectivity index (χ2n) is 3.87. The standard InChI is InChI=1S/C14H12N4/c1-3-7-12(8-4-1)14-11-15-16-17-18(14)13-9-5-2-6-10-13/h1-11H,(H,15,17). The van der Waals surface area contributed by atoms with Crippen LogP contribution in [-0.4, -0.2) is 0 Å². The Morgan fingerprint density at radius 2 is 1.50 bits per heavy atom. The molecule has 0 radical (unpaired) electrons. The van der Waals surface area contributed by atoms with Crippen LogP contribution in [0.25, 0.3) is 5.70 Å². The molecule has 0 aliphatic carbocycles. The molecule has 0 amide bonds. The quantitative estimate of drug-likeness (QED) is 0.868. The van der Waals surface area contributed by atoms with Gasteiger partial charge in [0.1, 0.15) is 0 Å². The molecule has 1 aliphatic rings. The van der Waals surface area contributed by atoms with Crippen molar-refractivity contribution in [2.24, 2.45) is 10.3 Å². The average molecular weight is 236 g/mol. The molecule has 1 aliphatic heterocycles. The summed E-state index contributed by atoms with van der Waals surface area (Å²) in [6.07, 6.45) is 1.75. The van der Waals surface area contributed by atoms with Crippen LogP contribution in [0.3, 0.4) is 0 Å². The molecule has 0 saturated carbocycles. The zero-order chi connectivity index (χ0) is 12.2. The Hall–Kier alpha value is -2.62. The van der Waals surface area contributed by atoms with Crippen LogP contribution in [0.4, 0.5) is 5.69 Å². The molecule has 0 bridgehead atoms. The molecule has 3 rings (SSSR count). The number of hydrazine groups is 1. The van der Waals surface area contributed by atoms with Crippen LogP contribution in [0.1, 0.15) is 5.56 Å². The van der Waals surface area contributed by atoms with Crippen molar-refractivity contribution in [3.63, 3.8) is 0 Å². The fourth-order valence-corrected chi connectivity index (χ4v) is 1.85. The lowest BCUT2D eigenvalue weighted by atomic mass is 10.1. The Bertz CT molecular complexity index is 575. The van der Waals surface area contributed by atoms with Crippen LogP contribution in [0.5, 0.6) is 0 Å². The van der Waals surface area contributed by atoms with Crippen LogP contribution in [0.2, 0.25) is 0 Å². The second-order valence-corrected chi connectivity index (χ2v) is 3.87. The lowest BCUT2D eigenvalue weighted by molar-refractivity contribution is 0.695. The van der Waals surface area contributed by atoms with E-state index in [4.69, 9.17) is 0 Å². The molecule has 0 saturated heterocycles. The summed E-state index contributed by atoms with van der Waals surface area (Å²) in [5.74, 6) is 0. The zero-order valence-corrected chi connectivity index (χ0v) is 9.69. The van der Waals surface area contributed by atoms with Gasteiger partial charge in [0, 0.05) is 5.56 Å². The normalized spacial score (nSPS) is 14.0. The molecular weight excluding hydrogens is 224 g/mol. The summed E-state index contributed by atoms with van der Waals surface area (Å²) in [6.45, 7) is 0. The third-order valence-corrected chi connectivity index (χ3v) is 2.71. The maximum atomic E-state index is 3.92. The van der Waals surface area contributed by atoms with Crippen LogP contribution in [0.15, 0.2) is 77.2 Å². The lowest BCUT2D eigenvalue weighted by Gasteiger charge is -2.27. The second kappa shape index (κ2) is 4.71. The van der Waals surface area contributed by atoms with Gasteiger partial charge < -0.3 is 0 Å². The molecule has 0 spiro atoms. The van der Waals surface area contributed by atoms with Gasteiger partial charge in [-0.2, -0.15) is 5.53 Å². The van der Waals surface area contributed by atoms with Crippen LogP contribution in [-0.2, 0) is 0 Å². The fraction of sp³-hybridized carbons (Fsp3) is 0. The third-order valence-electron chi connectivity index (χ3n) is 2.71. The Labute approximate surface area is 105 Å². The number of benzene rings is 2. The van der Waals surface area contributed by atoms with Crippen molar-refractivity contribution in [1.82, 2.24) is 5.53 Å². The summed E-state index contributed by atoms with van der Waals surface area (Å²) in [6, 6.07) is 20.1. The van der Waals surface area contributed by atoms with Gasteiger partial charge in [0.25, 0.3) is 0 Å². The van der Waals surface area contributed by atoms with Gasteiger partial charge in [0.15, 0.2) is 0 Å². The average Bonchev–Trinajstić information content (AvgIpc) is 2.49. The first-order valence-corrected chi connectivity index (χ1v) is 5.71. The molecule has 2 aromatic rings. The molecule has 1 heterocycles. The van der Waals surface area contributed by atoms with Crippen molar-refractivity contribution >= 4 is 11.4 Å². The highest BCUT2D eigenvalue weighted by molar-refractivity contribution is 5.78. The Balaban J connectivity index is 2.01. The largest absolute Gasteiger partial charge is 0.237 e. The van der Waals surface area contributed by atoms with E-state index in [0.717, 1.165) is 16.9 Å². The van der Waals surface area contributed by atoms with Gasteiger partial charge in [-0.15, -0.1) is 5.11 Å². The van der Waals surface area contributed by atoms with Crippen molar-refractivity contribution in [1.29, 1.82) is 0 Å². The number of nitrogens with zero attached hydrogens (tertiary/aromatic N) is 3. The zero-order valence-electron chi connectivity index (χ0n) is 9.69. The minimum Gasteiger partial charge on any atom is -0.237 e.